The van der Waals surface area contributed by atoms with Crippen LogP contribution >= 0.6 is 0 Å². The van der Waals surface area contributed by atoms with Gasteiger partial charge in [0.1, 0.15) is 0 Å². The van der Waals surface area contributed by atoms with E-state index in [0.29, 0.717) is 13.1 Å². The van der Waals surface area contributed by atoms with E-state index in [4.69, 9.17) is 10.2 Å². The Morgan fingerprint density at radius 3 is 1.78 bits per heavy atom. The van der Waals surface area contributed by atoms with Gasteiger partial charge in [0.2, 0.25) is 0 Å². The van der Waals surface area contributed by atoms with Crippen molar-refractivity contribution < 1.29 is 10.2 Å². The van der Waals surface area contributed by atoms with E-state index in [1.807, 2.05) is 0 Å². The molecule has 0 bridgehead atoms. The average Bonchev–Trinajstić information content (AvgIpc) is 1.89. The Hall–Kier alpha value is -0.960. The van der Waals surface area contributed by atoms with E-state index in [0.717, 1.165) is 12.5 Å². The molecule has 0 atom stereocenters. The molecule has 0 aromatic heterocycles. The van der Waals surface area contributed by atoms with Crippen LogP contribution in [0.1, 0.15) is 0 Å². The van der Waals surface area contributed by atoms with E-state index in [9.17, 15) is 0 Å². The quantitative estimate of drug-likeness (QED) is 0.387. The van der Waals surface area contributed by atoms with Crippen LogP contribution in [0.5, 0.6) is 0 Å². The molecule has 3 heteroatoms. The Kier molecular flexibility index (Phi) is 6.29. The Labute approximate surface area is 54.3 Å². The van der Waals surface area contributed by atoms with E-state index in [1.54, 1.807) is 12.2 Å². The van der Waals surface area contributed by atoms with Crippen LogP contribution in [0.2, 0.25) is 0 Å². The average molecular weight is 129 g/mol. The van der Waals surface area contributed by atoms with Crippen molar-refractivity contribution in [2.45, 2.75) is 0 Å². The molecule has 0 radical (unpaired) electrons. The summed E-state index contributed by atoms with van der Waals surface area (Å²) in [6, 6.07) is 0. The lowest BCUT2D eigenvalue weighted by Gasteiger charge is -1.91. The molecule has 9 heavy (non-hydrogen) atoms. The third kappa shape index (κ3) is 7.04. The van der Waals surface area contributed by atoms with Gasteiger partial charge in [-0.3, -0.25) is 0 Å². The van der Waals surface area contributed by atoms with Crippen molar-refractivity contribution in [2.75, 3.05) is 13.1 Å². The lowest BCUT2D eigenvalue weighted by Crippen LogP contribution is -2.12. The van der Waals surface area contributed by atoms with Crippen LogP contribution in [0, 0.1) is 0 Å². The first-order valence-electron chi connectivity index (χ1n) is 2.71. The predicted octanol–water partition coefficient (Wildman–Crippen LogP) is 0.719. The second kappa shape index (κ2) is 7.04. The molecule has 3 N–H and O–H groups in total. The van der Waals surface area contributed by atoms with E-state index in [1.165, 1.54) is 0 Å². The van der Waals surface area contributed by atoms with Crippen molar-refractivity contribution in [3.05, 3.63) is 24.7 Å². The van der Waals surface area contributed by atoms with E-state index >= 15 is 0 Å². The second-order valence-corrected chi connectivity index (χ2v) is 1.43. The lowest BCUT2D eigenvalue weighted by molar-refractivity contribution is 0.469. The normalized spacial score (nSPS) is 11.6. The maximum Gasteiger partial charge on any atom is 0.0764 e. The van der Waals surface area contributed by atoms with Crippen LogP contribution in [0.25, 0.3) is 0 Å². The van der Waals surface area contributed by atoms with Gasteiger partial charge < -0.3 is 15.5 Å². The highest BCUT2D eigenvalue weighted by molar-refractivity contribution is 4.79. The van der Waals surface area contributed by atoms with Crippen LogP contribution < -0.4 is 5.32 Å². The van der Waals surface area contributed by atoms with E-state index in [2.05, 4.69) is 5.32 Å². The summed E-state index contributed by atoms with van der Waals surface area (Å²) < 4.78 is 0. The molecule has 0 saturated heterocycles. The Balaban J connectivity index is 2.91. The largest absolute Gasteiger partial charge is 0.516 e. The standard InChI is InChI=1S/C6H11NO2/c8-5-1-3-7-4-2-6-9/h1-2,5-9H,3-4H2. The molecule has 3 nitrogen and oxygen atoms in total. The smallest absolute Gasteiger partial charge is 0.0764 e. The molecule has 0 unspecified atom stereocenters. The zero-order valence-electron chi connectivity index (χ0n) is 5.12. The summed E-state index contributed by atoms with van der Waals surface area (Å²) in [4.78, 5) is 0. The molecular formula is C6H11NO2. The Bertz CT molecular complexity index is 87.2. The summed E-state index contributed by atoms with van der Waals surface area (Å²) >= 11 is 0. The molecule has 0 aliphatic heterocycles. The van der Waals surface area contributed by atoms with Gasteiger partial charge in [0.25, 0.3) is 0 Å². The molecule has 0 aromatic rings. The summed E-state index contributed by atoms with van der Waals surface area (Å²) in [6.07, 6.45) is 5.11. The van der Waals surface area contributed by atoms with Crippen LogP contribution in [0.3, 0.4) is 0 Å². The van der Waals surface area contributed by atoms with Gasteiger partial charge in [0.15, 0.2) is 0 Å². The van der Waals surface area contributed by atoms with Crippen LogP contribution in [0.15, 0.2) is 24.7 Å². The highest BCUT2D eigenvalue weighted by Crippen LogP contribution is 1.66. The van der Waals surface area contributed by atoms with Gasteiger partial charge in [-0.05, 0) is 12.2 Å². The fraction of sp³-hybridized carbons (Fsp3) is 0.333. The number of hydrogen-bond acceptors (Lipinski definition) is 3. The highest BCUT2D eigenvalue weighted by Gasteiger charge is 1.74. The summed E-state index contributed by atoms with van der Waals surface area (Å²) in [7, 11) is 0. The Morgan fingerprint density at radius 1 is 1.00 bits per heavy atom. The van der Waals surface area contributed by atoms with Crippen LogP contribution in [0.4, 0.5) is 0 Å². The first-order chi connectivity index (χ1) is 4.41. The molecular weight excluding hydrogens is 118 g/mol. The topological polar surface area (TPSA) is 52.5 Å². The first-order valence-corrected chi connectivity index (χ1v) is 2.71. The van der Waals surface area contributed by atoms with Crippen LogP contribution in [-0.2, 0) is 0 Å². The van der Waals surface area contributed by atoms with E-state index in [-0.39, 0.29) is 0 Å². The van der Waals surface area contributed by atoms with E-state index < -0.39 is 0 Å². The van der Waals surface area contributed by atoms with Gasteiger partial charge in [0, 0.05) is 13.1 Å². The van der Waals surface area contributed by atoms with Crippen molar-refractivity contribution in [3.63, 3.8) is 0 Å². The third-order valence-corrected chi connectivity index (χ3v) is 0.735. The number of rotatable bonds is 4. The lowest BCUT2D eigenvalue weighted by atomic mass is 10.5. The molecule has 0 heterocycles. The molecule has 0 aromatic carbocycles. The molecule has 0 amide bonds. The van der Waals surface area contributed by atoms with Crippen molar-refractivity contribution in [1.29, 1.82) is 0 Å². The molecule has 0 spiro atoms. The fourth-order valence-corrected chi connectivity index (χ4v) is 0.355. The van der Waals surface area contributed by atoms with Gasteiger partial charge in [-0.25, -0.2) is 0 Å². The minimum Gasteiger partial charge on any atom is -0.516 e. The SMILES string of the molecule is OC=CCNCC=CO. The summed E-state index contributed by atoms with van der Waals surface area (Å²) in [5.74, 6) is 0. The van der Waals surface area contributed by atoms with Crippen molar-refractivity contribution in [1.82, 2.24) is 5.32 Å². The maximum absolute atomic E-state index is 8.13. The minimum absolute atomic E-state index is 0.612. The van der Waals surface area contributed by atoms with Gasteiger partial charge in [-0.1, -0.05) is 0 Å². The molecule has 0 aliphatic rings. The molecule has 0 rings (SSSR count). The summed E-state index contributed by atoms with van der Waals surface area (Å²) in [6.45, 7) is 1.22. The number of hydrogen-bond donors (Lipinski definition) is 3. The highest BCUT2D eigenvalue weighted by atomic mass is 16.2. The molecule has 0 saturated carbocycles. The number of aliphatic hydroxyl groups is 2. The van der Waals surface area contributed by atoms with Gasteiger partial charge in [-0.15, -0.1) is 0 Å². The van der Waals surface area contributed by atoms with Gasteiger partial charge in [0.05, 0.1) is 12.5 Å². The van der Waals surface area contributed by atoms with Gasteiger partial charge in [-0.2, -0.15) is 0 Å². The van der Waals surface area contributed by atoms with Crippen molar-refractivity contribution in [2.24, 2.45) is 0 Å². The van der Waals surface area contributed by atoms with Gasteiger partial charge >= 0.3 is 0 Å². The Morgan fingerprint density at radius 2 is 1.44 bits per heavy atom. The minimum atomic E-state index is 0.612. The third-order valence-electron chi connectivity index (χ3n) is 0.735. The molecule has 0 fully saturated rings. The monoisotopic (exact) mass is 129 g/mol. The number of nitrogens with one attached hydrogen (secondary N) is 1. The maximum atomic E-state index is 8.13. The predicted molar refractivity (Wildman–Crippen MR) is 36.4 cm³/mol. The number of aliphatic hydroxyl groups excluding tert-OH is 2. The first kappa shape index (κ1) is 8.04. The fourth-order valence-electron chi connectivity index (χ4n) is 0.355. The van der Waals surface area contributed by atoms with Crippen molar-refractivity contribution >= 4 is 0 Å². The molecule has 52 valence electrons. The second-order valence-electron chi connectivity index (χ2n) is 1.43. The van der Waals surface area contributed by atoms with Crippen molar-refractivity contribution in [3.8, 4) is 0 Å². The zero-order chi connectivity index (χ0) is 6.95. The zero-order valence-corrected chi connectivity index (χ0v) is 5.12. The summed E-state index contributed by atoms with van der Waals surface area (Å²) in [5, 5.41) is 19.2. The van der Waals surface area contributed by atoms with Crippen LogP contribution in [-0.4, -0.2) is 23.3 Å². The summed E-state index contributed by atoms with van der Waals surface area (Å²) in [5.41, 5.74) is 0. The molecule has 0 aliphatic carbocycles.